The summed E-state index contributed by atoms with van der Waals surface area (Å²) >= 11 is 0. The Hall–Kier alpha value is -1.82. The van der Waals surface area contributed by atoms with E-state index in [4.69, 9.17) is 9.15 Å². The van der Waals surface area contributed by atoms with E-state index >= 15 is 0 Å². The van der Waals surface area contributed by atoms with Gasteiger partial charge in [0.1, 0.15) is 5.76 Å². The molecule has 1 spiro atoms. The zero-order chi connectivity index (χ0) is 16.4. The molecule has 3 rings (SSSR count). The molecule has 2 aliphatic rings. The number of aryl methyl sites for hydroxylation is 1. The average molecular weight is 320 g/mol. The van der Waals surface area contributed by atoms with Crippen molar-refractivity contribution in [1.29, 1.82) is 0 Å². The second kappa shape index (κ2) is 6.35. The van der Waals surface area contributed by atoms with Crippen LogP contribution in [-0.2, 0) is 9.53 Å². The molecular weight excluding hydrogens is 296 g/mol. The Kier molecular flexibility index (Phi) is 4.43. The summed E-state index contributed by atoms with van der Waals surface area (Å²) < 4.78 is 10.3. The SMILES string of the molecule is COCCN1CC[C@@]2(CCCN(C(=O)c3ccoc3C)C2)C1=O. The normalized spacial score (nSPS) is 24.7. The van der Waals surface area contributed by atoms with Crippen LogP contribution in [0.25, 0.3) is 0 Å². The summed E-state index contributed by atoms with van der Waals surface area (Å²) in [6.45, 7) is 4.95. The lowest BCUT2D eigenvalue weighted by Crippen LogP contribution is -2.50. The van der Waals surface area contributed by atoms with Gasteiger partial charge in [0.05, 0.1) is 23.8 Å². The lowest BCUT2D eigenvalue weighted by Gasteiger charge is -2.39. The molecule has 2 amide bonds. The topological polar surface area (TPSA) is 63.0 Å². The number of rotatable bonds is 4. The number of carbonyl (C=O) groups is 2. The van der Waals surface area contributed by atoms with Crippen molar-refractivity contribution in [1.82, 2.24) is 9.80 Å². The predicted octanol–water partition coefficient (Wildman–Crippen LogP) is 1.69. The molecule has 0 bridgehead atoms. The summed E-state index contributed by atoms with van der Waals surface area (Å²) in [6, 6.07) is 1.71. The van der Waals surface area contributed by atoms with Gasteiger partial charge in [-0.1, -0.05) is 0 Å². The average Bonchev–Trinajstić information content (AvgIpc) is 3.11. The number of carbonyl (C=O) groups excluding carboxylic acids is 2. The van der Waals surface area contributed by atoms with E-state index < -0.39 is 5.41 Å². The van der Waals surface area contributed by atoms with Gasteiger partial charge < -0.3 is 19.0 Å². The maximum atomic E-state index is 12.8. The predicted molar refractivity (Wildman–Crippen MR) is 84.1 cm³/mol. The molecule has 1 aromatic heterocycles. The Morgan fingerprint density at radius 3 is 2.91 bits per heavy atom. The number of nitrogens with zero attached hydrogens (tertiary/aromatic N) is 2. The zero-order valence-corrected chi connectivity index (χ0v) is 13.8. The van der Waals surface area contributed by atoms with E-state index in [1.54, 1.807) is 20.1 Å². The van der Waals surface area contributed by atoms with Crippen molar-refractivity contribution in [3.8, 4) is 0 Å². The highest BCUT2D eigenvalue weighted by Crippen LogP contribution is 2.40. The first kappa shape index (κ1) is 16.1. The summed E-state index contributed by atoms with van der Waals surface area (Å²) in [5.41, 5.74) is 0.197. The number of piperidine rings is 1. The summed E-state index contributed by atoms with van der Waals surface area (Å²) in [7, 11) is 1.64. The molecule has 6 heteroatoms. The maximum Gasteiger partial charge on any atom is 0.257 e. The Bertz CT molecular complexity index is 597. The van der Waals surface area contributed by atoms with Crippen LogP contribution in [0.3, 0.4) is 0 Å². The fourth-order valence-corrected chi connectivity index (χ4v) is 3.77. The van der Waals surface area contributed by atoms with Gasteiger partial charge in [-0.25, -0.2) is 0 Å². The first-order chi connectivity index (χ1) is 11.1. The molecule has 0 N–H and O–H groups in total. The number of ether oxygens (including phenoxy) is 1. The molecule has 3 heterocycles. The minimum atomic E-state index is -0.403. The first-order valence-corrected chi connectivity index (χ1v) is 8.19. The van der Waals surface area contributed by atoms with Crippen molar-refractivity contribution < 1.29 is 18.7 Å². The van der Waals surface area contributed by atoms with Gasteiger partial charge in [0.15, 0.2) is 0 Å². The third-order valence-electron chi connectivity index (χ3n) is 5.12. The molecule has 126 valence electrons. The third-order valence-corrected chi connectivity index (χ3v) is 5.12. The van der Waals surface area contributed by atoms with Crippen molar-refractivity contribution in [3.63, 3.8) is 0 Å². The van der Waals surface area contributed by atoms with E-state index in [-0.39, 0.29) is 11.8 Å². The number of hydrogen-bond donors (Lipinski definition) is 0. The molecule has 0 unspecified atom stereocenters. The highest BCUT2D eigenvalue weighted by atomic mass is 16.5. The molecule has 2 saturated heterocycles. The number of furan rings is 1. The standard InChI is InChI=1S/C17H24N2O4/c1-13-14(4-10-23-13)15(20)19-7-3-5-17(12-19)6-8-18(16(17)21)9-11-22-2/h4,10H,3,5-9,11-12H2,1-2H3/t17-/m1/s1. The molecule has 0 aromatic carbocycles. The van der Waals surface area contributed by atoms with Gasteiger partial charge in [-0.15, -0.1) is 0 Å². The molecule has 2 fully saturated rings. The van der Waals surface area contributed by atoms with Crippen molar-refractivity contribution in [2.75, 3.05) is 39.9 Å². The highest BCUT2D eigenvalue weighted by Gasteiger charge is 2.49. The van der Waals surface area contributed by atoms with Crippen LogP contribution in [0, 0.1) is 12.3 Å². The minimum absolute atomic E-state index is 0.0292. The lowest BCUT2D eigenvalue weighted by molar-refractivity contribution is -0.138. The molecule has 1 aromatic rings. The van der Waals surface area contributed by atoms with Gasteiger partial charge in [0.25, 0.3) is 5.91 Å². The summed E-state index contributed by atoms with van der Waals surface area (Å²) in [6.07, 6.45) is 4.09. The molecule has 2 aliphatic heterocycles. The number of amides is 2. The second-order valence-corrected chi connectivity index (χ2v) is 6.54. The van der Waals surface area contributed by atoms with Crippen LogP contribution in [0.5, 0.6) is 0 Å². The Morgan fingerprint density at radius 2 is 2.22 bits per heavy atom. The van der Waals surface area contributed by atoms with Crippen LogP contribution in [0.2, 0.25) is 0 Å². The fraction of sp³-hybridized carbons (Fsp3) is 0.647. The van der Waals surface area contributed by atoms with E-state index in [2.05, 4.69) is 0 Å². The second-order valence-electron chi connectivity index (χ2n) is 6.54. The Labute approximate surface area is 136 Å². The summed E-state index contributed by atoms with van der Waals surface area (Å²) in [5.74, 6) is 0.781. The number of likely N-dealkylation sites (tertiary alicyclic amines) is 2. The van der Waals surface area contributed by atoms with E-state index in [0.29, 0.717) is 37.6 Å². The fourth-order valence-electron chi connectivity index (χ4n) is 3.77. The van der Waals surface area contributed by atoms with E-state index in [1.165, 1.54) is 6.26 Å². The minimum Gasteiger partial charge on any atom is -0.469 e. The van der Waals surface area contributed by atoms with Gasteiger partial charge in [0, 0.05) is 33.3 Å². The Morgan fingerprint density at radius 1 is 1.39 bits per heavy atom. The summed E-state index contributed by atoms with van der Waals surface area (Å²) in [4.78, 5) is 29.2. The zero-order valence-electron chi connectivity index (χ0n) is 13.8. The van der Waals surface area contributed by atoms with Gasteiger partial charge in [-0.2, -0.15) is 0 Å². The van der Waals surface area contributed by atoms with Gasteiger partial charge in [0.2, 0.25) is 5.91 Å². The van der Waals surface area contributed by atoms with Gasteiger partial charge >= 0.3 is 0 Å². The van der Waals surface area contributed by atoms with Crippen LogP contribution in [-0.4, -0.2) is 61.5 Å². The Balaban J connectivity index is 1.72. The van der Waals surface area contributed by atoms with Gasteiger partial charge in [-0.05, 0) is 32.3 Å². The van der Waals surface area contributed by atoms with Crippen molar-refractivity contribution >= 4 is 11.8 Å². The van der Waals surface area contributed by atoms with E-state index in [1.807, 2.05) is 9.80 Å². The van der Waals surface area contributed by atoms with Crippen LogP contribution >= 0.6 is 0 Å². The van der Waals surface area contributed by atoms with Crippen LogP contribution in [0.1, 0.15) is 35.4 Å². The highest BCUT2D eigenvalue weighted by molar-refractivity contribution is 5.96. The van der Waals surface area contributed by atoms with E-state index in [0.717, 1.165) is 25.8 Å². The third kappa shape index (κ3) is 2.87. The van der Waals surface area contributed by atoms with Gasteiger partial charge in [-0.3, -0.25) is 9.59 Å². The van der Waals surface area contributed by atoms with Crippen molar-refractivity contribution in [2.24, 2.45) is 5.41 Å². The van der Waals surface area contributed by atoms with E-state index in [9.17, 15) is 9.59 Å². The van der Waals surface area contributed by atoms with Crippen LogP contribution < -0.4 is 0 Å². The van der Waals surface area contributed by atoms with Crippen molar-refractivity contribution in [2.45, 2.75) is 26.2 Å². The lowest BCUT2D eigenvalue weighted by atomic mass is 9.78. The molecule has 1 atom stereocenters. The molecule has 6 nitrogen and oxygen atoms in total. The maximum absolute atomic E-state index is 12.8. The monoisotopic (exact) mass is 320 g/mol. The molecular formula is C17H24N2O4. The van der Waals surface area contributed by atoms with Crippen LogP contribution in [0.15, 0.2) is 16.7 Å². The quantitative estimate of drug-likeness (QED) is 0.847. The molecule has 0 saturated carbocycles. The largest absolute Gasteiger partial charge is 0.469 e. The summed E-state index contributed by atoms with van der Waals surface area (Å²) in [5, 5.41) is 0. The first-order valence-electron chi connectivity index (χ1n) is 8.19. The molecule has 23 heavy (non-hydrogen) atoms. The van der Waals surface area contributed by atoms with Crippen LogP contribution in [0.4, 0.5) is 0 Å². The smallest absolute Gasteiger partial charge is 0.257 e. The molecule has 0 aliphatic carbocycles. The number of hydrogen-bond acceptors (Lipinski definition) is 4. The molecule has 0 radical (unpaired) electrons. The van der Waals surface area contributed by atoms with Crippen molar-refractivity contribution in [3.05, 3.63) is 23.7 Å². The number of methoxy groups -OCH3 is 1.